The third-order valence-corrected chi connectivity index (χ3v) is 2.43. The minimum Gasteiger partial charge on any atom is -0.459 e. The summed E-state index contributed by atoms with van der Waals surface area (Å²) < 4.78 is 9.77. The van der Waals surface area contributed by atoms with E-state index in [1.54, 1.807) is 0 Å². The van der Waals surface area contributed by atoms with Crippen LogP contribution in [-0.4, -0.2) is 58.4 Å². The molecule has 1 fully saturated rings. The molecule has 0 aromatic carbocycles. The number of esters is 1. The summed E-state index contributed by atoms with van der Waals surface area (Å²) in [5.41, 5.74) is 0. The van der Waals surface area contributed by atoms with Gasteiger partial charge in [-0.25, -0.2) is 4.79 Å². The summed E-state index contributed by atoms with van der Waals surface area (Å²) in [6.45, 7) is 4.86. The first-order valence-corrected chi connectivity index (χ1v) is 4.96. The molecular formula is C10H16O6. The summed E-state index contributed by atoms with van der Waals surface area (Å²) in [5.74, 6) is -0.787. The van der Waals surface area contributed by atoms with Crippen molar-refractivity contribution in [3.8, 4) is 0 Å². The highest BCUT2D eigenvalue weighted by atomic mass is 16.6. The summed E-state index contributed by atoms with van der Waals surface area (Å²) >= 11 is 0. The van der Waals surface area contributed by atoms with E-state index >= 15 is 0 Å². The summed E-state index contributed by atoms with van der Waals surface area (Å²) in [7, 11) is 0. The molecule has 1 heterocycles. The molecule has 6 heteroatoms. The lowest BCUT2D eigenvalue weighted by atomic mass is 9.96. The summed E-state index contributed by atoms with van der Waals surface area (Å²) in [4.78, 5) is 11.4. The normalized spacial score (nSPS) is 39.1. The Balaban J connectivity index is 2.66. The second-order valence-electron chi connectivity index (χ2n) is 3.65. The molecule has 3 N–H and O–H groups in total. The highest BCUT2D eigenvalue weighted by Gasteiger charge is 2.45. The molecule has 0 saturated carbocycles. The van der Waals surface area contributed by atoms with Gasteiger partial charge < -0.3 is 24.8 Å². The molecule has 1 aliphatic heterocycles. The van der Waals surface area contributed by atoms with Crippen LogP contribution in [-0.2, 0) is 14.3 Å². The fraction of sp³-hybridized carbons (Fsp3) is 0.700. The van der Waals surface area contributed by atoms with Crippen molar-refractivity contribution in [2.75, 3.05) is 6.61 Å². The lowest BCUT2D eigenvalue weighted by Crippen LogP contribution is -2.59. The fourth-order valence-electron chi connectivity index (χ4n) is 1.47. The summed E-state index contributed by atoms with van der Waals surface area (Å²) in [5, 5.41) is 28.4. The fourth-order valence-corrected chi connectivity index (χ4v) is 1.47. The summed E-state index contributed by atoms with van der Waals surface area (Å²) in [6.07, 6.45) is -4.80. The molecule has 0 aromatic heterocycles. The standard InChI is InChI=1S/C10H16O6/c1-3-4-15-10(14)9-8(13)7(12)6(11)5(2)16-9/h3,5-9,11-13H,1,4H2,2H3/t5?,6-,7+,8-,9-/m0/s1. The van der Waals surface area contributed by atoms with Crippen LogP contribution < -0.4 is 0 Å². The number of hydrogen-bond acceptors (Lipinski definition) is 6. The van der Waals surface area contributed by atoms with Gasteiger partial charge in [0.15, 0.2) is 6.10 Å². The lowest BCUT2D eigenvalue weighted by Gasteiger charge is -2.37. The largest absolute Gasteiger partial charge is 0.459 e. The number of aliphatic hydroxyl groups is 3. The molecule has 0 radical (unpaired) electrons. The molecule has 1 aliphatic rings. The van der Waals surface area contributed by atoms with Gasteiger partial charge in [0, 0.05) is 0 Å². The Bertz CT molecular complexity index is 266. The number of carbonyl (C=O) groups is 1. The third kappa shape index (κ3) is 2.59. The van der Waals surface area contributed by atoms with Crippen LogP contribution in [0.4, 0.5) is 0 Å². The molecule has 6 nitrogen and oxygen atoms in total. The molecule has 5 atom stereocenters. The van der Waals surface area contributed by atoms with E-state index < -0.39 is 36.5 Å². The molecule has 1 rings (SSSR count). The van der Waals surface area contributed by atoms with Gasteiger partial charge in [-0.3, -0.25) is 0 Å². The van der Waals surface area contributed by atoms with E-state index in [1.807, 2.05) is 0 Å². The van der Waals surface area contributed by atoms with Crippen LogP contribution in [0.2, 0.25) is 0 Å². The van der Waals surface area contributed by atoms with Crippen LogP contribution in [0.5, 0.6) is 0 Å². The number of aliphatic hydroxyl groups excluding tert-OH is 3. The molecule has 1 unspecified atom stereocenters. The minimum atomic E-state index is -1.50. The van der Waals surface area contributed by atoms with Crippen molar-refractivity contribution in [1.82, 2.24) is 0 Å². The first kappa shape index (κ1) is 13.1. The maximum absolute atomic E-state index is 11.4. The maximum atomic E-state index is 11.4. The number of ether oxygens (including phenoxy) is 2. The highest BCUT2D eigenvalue weighted by Crippen LogP contribution is 2.21. The SMILES string of the molecule is C=CCOC(=O)[C@H]1OC(C)[C@H](O)[C@@H](O)[C@@H]1O. The van der Waals surface area contributed by atoms with E-state index in [9.17, 15) is 20.1 Å². The van der Waals surface area contributed by atoms with E-state index in [1.165, 1.54) is 13.0 Å². The number of carbonyl (C=O) groups excluding carboxylic acids is 1. The molecule has 92 valence electrons. The van der Waals surface area contributed by atoms with Crippen LogP contribution in [0.3, 0.4) is 0 Å². The third-order valence-electron chi connectivity index (χ3n) is 2.43. The Kier molecular flexibility index (Phi) is 4.43. The molecular weight excluding hydrogens is 216 g/mol. The molecule has 0 bridgehead atoms. The van der Waals surface area contributed by atoms with E-state index in [0.717, 1.165) is 0 Å². The Labute approximate surface area is 93.1 Å². The molecule has 0 spiro atoms. The van der Waals surface area contributed by atoms with Crippen LogP contribution in [0, 0.1) is 0 Å². The van der Waals surface area contributed by atoms with Crippen molar-refractivity contribution in [1.29, 1.82) is 0 Å². The van der Waals surface area contributed by atoms with Crippen molar-refractivity contribution < 1.29 is 29.6 Å². The molecule has 1 saturated heterocycles. The minimum absolute atomic E-state index is 0.00154. The lowest BCUT2D eigenvalue weighted by molar-refractivity contribution is -0.225. The van der Waals surface area contributed by atoms with E-state index in [0.29, 0.717) is 0 Å². The van der Waals surface area contributed by atoms with Gasteiger partial charge in [0.2, 0.25) is 0 Å². The van der Waals surface area contributed by atoms with Crippen molar-refractivity contribution in [2.45, 2.75) is 37.4 Å². The van der Waals surface area contributed by atoms with Gasteiger partial charge in [-0.2, -0.15) is 0 Å². The van der Waals surface area contributed by atoms with Gasteiger partial charge in [-0.05, 0) is 6.92 Å². The van der Waals surface area contributed by atoms with Crippen LogP contribution in [0.25, 0.3) is 0 Å². The zero-order valence-corrected chi connectivity index (χ0v) is 8.94. The van der Waals surface area contributed by atoms with Crippen LogP contribution in [0.1, 0.15) is 6.92 Å². The molecule has 0 aromatic rings. The average molecular weight is 232 g/mol. The zero-order valence-electron chi connectivity index (χ0n) is 8.94. The Morgan fingerprint density at radius 2 is 2.00 bits per heavy atom. The quantitative estimate of drug-likeness (QED) is 0.408. The van der Waals surface area contributed by atoms with Gasteiger partial charge in [-0.15, -0.1) is 0 Å². The first-order chi connectivity index (χ1) is 7.49. The monoisotopic (exact) mass is 232 g/mol. The highest BCUT2D eigenvalue weighted by molar-refractivity contribution is 5.75. The smallest absolute Gasteiger partial charge is 0.338 e. The van der Waals surface area contributed by atoms with Crippen LogP contribution >= 0.6 is 0 Å². The molecule has 16 heavy (non-hydrogen) atoms. The van der Waals surface area contributed by atoms with E-state index in [4.69, 9.17) is 9.47 Å². The molecule has 0 aliphatic carbocycles. The zero-order chi connectivity index (χ0) is 12.3. The topological polar surface area (TPSA) is 96.2 Å². The average Bonchev–Trinajstić information content (AvgIpc) is 2.28. The molecule has 0 amide bonds. The van der Waals surface area contributed by atoms with Gasteiger partial charge in [0.25, 0.3) is 0 Å². The Morgan fingerprint density at radius 1 is 1.38 bits per heavy atom. The van der Waals surface area contributed by atoms with Crippen molar-refractivity contribution in [3.05, 3.63) is 12.7 Å². The van der Waals surface area contributed by atoms with Crippen molar-refractivity contribution in [3.63, 3.8) is 0 Å². The van der Waals surface area contributed by atoms with E-state index in [2.05, 4.69) is 6.58 Å². The predicted molar refractivity (Wildman–Crippen MR) is 53.5 cm³/mol. The summed E-state index contributed by atoms with van der Waals surface area (Å²) in [6, 6.07) is 0. The predicted octanol–water partition coefficient (Wildman–Crippen LogP) is -1.41. The maximum Gasteiger partial charge on any atom is 0.338 e. The number of rotatable bonds is 3. The second kappa shape index (κ2) is 5.40. The number of hydrogen-bond donors (Lipinski definition) is 3. The second-order valence-corrected chi connectivity index (χ2v) is 3.65. The van der Waals surface area contributed by atoms with Gasteiger partial charge in [0.1, 0.15) is 24.9 Å². The Hall–Kier alpha value is -0.950. The van der Waals surface area contributed by atoms with Crippen LogP contribution in [0.15, 0.2) is 12.7 Å². The van der Waals surface area contributed by atoms with Crippen molar-refractivity contribution >= 4 is 5.97 Å². The van der Waals surface area contributed by atoms with Gasteiger partial charge in [-0.1, -0.05) is 12.7 Å². The van der Waals surface area contributed by atoms with Gasteiger partial charge in [0.05, 0.1) is 6.10 Å². The van der Waals surface area contributed by atoms with E-state index in [-0.39, 0.29) is 6.61 Å². The van der Waals surface area contributed by atoms with Gasteiger partial charge >= 0.3 is 5.97 Å². The Morgan fingerprint density at radius 3 is 2.56 bits per heavy atom. The first-order valence-electron chi connectivity index (χ1n) is 4.96. The van der Waals surface area contributed by atoms with Crippen molar-refractivity contribution in [2.24, 2.45) is 0 Å².